The van der Waals surface area contributed by atoms with E-state index in [4.69, 9.17) is 0 Å². The Labute approximate surface area is 161 Å². The molecule has 0 aliphatic carbocycles. The molecular formula is C22H27N5. The van der Waals surface area contributed by atoms with E-state index in [1.54, 1.807) is 0 Å². The first-order valence-corrected chi connectivity index (χ1v) is 9.39. The lowest BCUT2D eigenvalue weighted by molar-refractivity contribution is 0.866. The van der Waals surface area contributed by atoms with Crippen molar-refractivity contribution >= 4 is 28.8 Å². The molecule has 0 unspecified atom stereocenters. The molecule has 2 aromatic carbocycles. The second-order valence-electron chi connectivity index (χ2n) is 6.51. The Morgan fingerprint density at radius 2 is 1.59 bits per heavy atom. The van der Waals surface area contributed by atoms with Gasteiger partial charge < -0.3 is 15.5 Å². The van der Waals surface area contributed by atoms with Gasteiger partial charge in [0.1, 0.15) is 5.82 Å². The number of para-hydroxylation sites is 1. The van der Waals surface area contributed by atoms with E-state index < -0.39 is 0 Å². The fourth-order valence-corrected chi connectivity index (χ4v) is 3.05. The van der Waals surface area contributed by atoms with Crippen LogP contribution < -0.4 is 15.5 Å². The molecule has 2 N–H and O–H groups in total. The summed E-state index contributed by atoms with van der Waals surface area (Å²) in [7, 11) is 0. The van der Waals surface area contributed by atoms with Crippen molar-refractivity contribution in [3.05, 3.63) is 65.9 Å². The smallest absolute Gasteiger partial charge is 0.229 e. The Morgan fingerprint density at radius 3 is 2.26 bits per heavy atom. The van der Waals surface area contributed by atoms with Crippen molar-refractivity contribution in [2.45, 2.75) is 27.7 Å². The fourth-order valence-electron chi connectivity index (χ4n) is 3.05. The fraction of sp³-hybridized carbons (Fsp3) is 0.273. The van der Waals surface area contributed by atoms with Crippen molar-refractivity contribution in [1.82, 2.24) is 9.97 Å². The normalized spacial score (nSPS) is 10.5. The summed E-state index contributed by atoms with van der Waals surface area (Å²) in [5.74, 6) is 1.36. The molecule has 0 saturated carbocycles. The van der Waals surface area contributed by atoms with Crippen LogP contribution in [0.1, 0.15) is 25.1 Å². The zero-order valence-corrected chi connectivity index (χ0v) is 16.5. The molecule has 3 rings (SSSR count). The highest BCUT2D eigenvalue weighted by atomic mass is 15.1. The van der Waals surface area contributed by atoms with Crippen molar-refractivity contribution < 1.29 is 0 Å². The number of aromatic nitrogens is 2. The van der Waals surface area contributed by atoms with Crippen LogP contribution in [0.15, 0.2) is 54.6 Å². The summed E-state index contributed by atoms with van der Waals surface area (Å²) < 4.78 is 0. The second-order valence-corrected chi connectivity index (χ2v) is 6.51. The standard InChI is InChI=1S/C22H27N5/c1-5-27(6-2)19-12-13-20(16(3)14-19)25-22-23-17(4)15-21(26-22)24-18-10-8-7-9-11-18/h7-15H,5-6H2,1-4H3,(H2,23,24,25,26). The van der Waals surface area contributed by atoms with Crippen LogP contribution in [0.4, 0.5) is 28.8 Å². The third-order valence-electron chi connectivity index (χ3n) is 4.49. The third-order valence-corrected chi connectivity index (χ3v) is 4.49. The van der Waals surface area contributed by atoms with Crippen LogP contribution in [0.3, 0.4) is 0 Å². The number of nitrogens with zero attached hydrogens (tertiary/aromatic N) is 3. The van der Waals surface area contributed by atoms with Crippen molar-refractivity contribution in [2.75, 3.05) is 28.6 Å². The maximum Gasteiger partial charge on any atom is 0.229 e. The predicted molar refractivity (Wildman–Crippen MR) is 115 cm³/mol. The van der Waals surface area contributed by atoms with Gasteiger partial charge in [-0.2, -0.15) is 4.98 Å². The number of hydrogen-bond donors (Lipinski definition) is 2. The minimum Gasteiger partial charge on any atom is -0.372 e. The van der Waals surface area contributed by atoms with Crippen LogP contribution in [0.25, 0.3) is 0 Å². The first-order chi connectivity index (χ1) is 13.1. The summed E-state index contributed by atoms with van der Waals surface area (Å²) in [6.45, 7) is 10.4. The van der Waals surface area contributed by atoms with E-state index in [9.17, 15) is 0 Å². The van der Waals surface area contributed by atoms with E-state index >= 15 is 0 Å². The summed E-state index contributed by atoms with van der Waals surface area (Å²) in [6.07, 6.45) is 0. The first kappa shape index (κ1) is 18.7. The number of anilines is 5. The van der Waals surface area contributed by atoms with Crippen LogP contribution in [-0.2, 0) is 0 Å². The molecule has 0 saturated heterocycles. The van der Waals surface area contributed by atoms with E-state index in [2.05, 4.69) is 64.5 Å². The molecule has 27 heavy (non-hydrogen) atoms. The summed E-state index contributed by atoms with van der Waals surface area (Å²) in [6, 6.07) is 18.4. The number of benzene rings is 2. The highest BCUT2D eigenvalue weighted by molar-refractivity contribution is 5.65. The monoisotopic (exact) mass is 361 g/mol. The largest absolute Gasteiger partial charge is 0.372 e. The quantitative estimate of drug-likeness (QED) is 0.588. The molecule has 0 aliphatic heterocycles. The number of nitrogens with one attached hydrogen (secondary N) is 2. The van der Waals surface area contributed by atoms with Crippen molar-refractivity contribution in [2.24, 2.45) is 0 Å². The highest BCUT2D eigenvalue weighted by Gasteiger charge is 2.08. The molecule has 0 radical (unpaired) electrons. The van der Waals surface area contributed by atoms with Crippen molar-refractivity contribution in [3.8, 4) is 0 Å². The number of rotatable bonds is 7. The molecule has 0 spiro atoms. The lowest BCUT2D eigenvalue weighted by Crippen LogP contribution is -2.21. The predicted octanol–water partition coefficient (Wildman–Crippen LogP) is 5.43. The Hall–Kier alpha value is -3.08. The van der Waals surface area contributed by atoms with E-state index in [1.165, 1.54) is 11.3 Å². The average molecular weight is 361 g/mol. The zero-order valence-electron chi connectivity index (χ0n) is 16.5. The third kappa shape index (κ3) is 4.76. The van der Waals surface area contributed by atoms with Crippen LogP contribution in [0, 0.1) is 13.8 Å². The van der Waals surface area contributed by atoms with Gasteiger partial charge in [0, 0.05) is 41.9 Å². The van der Waals surface area contributed by atoms with E-state index in [0.29, 0.717) is 5.95 Å². The Morgan fingerprint density at radius 1 is 0.852 bits per heavy atom. The van der Waals surface area contributed by atoms with E-state index in [0.717, 1.165) is 36.0 Å². The zero-order chi connectivity index (χ0) is 19.2. The van der Waals surface area contributed by atoms with Gasteiger partial charge in [0.2, 0.25) is 5.95 Å². The molecular weight excluding hydrogens is 334 g/mol. The van der Waals surface area contributed by atoms with Gasteiger partial charge in [0.15, 0.2) is 0 Å². The van der Waals surface area contributed by atoms with Crippen LogP contribution >= 0.6 is 0 Å². The van der Waals surface area contributed by atoms with Gasteiger partial charge in [0.25, 0.3) is 0 Å². The maximum atomic E-state index is 4.61. The maximum absolute atomic E-state index is 4.61. The van der Waals surface area contributed by atoms with Gasteiger partial charge in [-0.25, -0.2) is 4.98 Å². The van der Waals surface area contributed by atoms with Crippen LogP contribution in [0.5, 0.6) is 0 Å². The summed E-state index contributed by atoms with van der Waals surface area (Å²) in [4.78, 5) is 11.5. The molecule has 0 aliphatic rings. The average Bonchev–Trinajstić information content (AvgIpc) is 2.65. The topological polar surface area (TPSA) is 53.1 Å². The van der Waals surface area contributed by atoms with E-state index in [1.807, 2.05) is 43.3 Å². The van der Waals surface area contributed by atoms with Gasteiger partial charge in [-0.05, 0) is 63.6 Å². The van der Waals surface area contributed by atoms with Crippen LogP contribution in [0.2, 0.25) is 0 Å². The molecule has 1 aromatic heterocycles. The lowest BCUT2D eigenvalue weighted by atomic mass is 10.1. The summed E-state index contributed by atoms with van der Waals surface area (Å²) >= 11 is 0. The molecule has 0 bridgehead atoms. The summed E-state index contributed by atoms with van der Waals surface area (Å²) in [5, 5.41) is 6.69. The minimum atomic E-state index is 0.590. The van der Waals surface area contributed by atoms with Gasteiger partial charge in [0.05, 0.1) is 0 Å². The molecule has 5 nitrogen and oxygen atoms in total. The molecule has 3 aromatic rings. The Bertz CT molecular complexity index is 888. The van der Waals surface area contributed by atoms with E-state index in [-0.39, 0.29) is 0 Å². The van der Waals surface area contributed by atoms with Crippen LogP contribution in [-0.4, -0.2) is 23.1 Å². The number of aryl methyl sites for hydroxylation is 2. The van der Waals surface area contributed by atoms with Gasteiger partial charge in [-0.15, -0.1) is 0 Å². The molecule has 0 atom stereocenters. The SMILES string of the molecule is CCN(CC)c1ccc(Nc2nc(C)cc(Nc3ccccc3)n2)c(C)c1. The molecule has 140 valence electrons. The lowest BCUT2D eigenvalue weighted by Gasteiger charge is -2.22. The second kappa shape index (κ2) is 8.54. The Kier molecular flexibility index (Phi) is 5.91. The first-order valence-electron chi connectivity index (χ1n) is 9.39. The molecule has 1 heterocycles. The van der Waals surface area contributed by atoms with Crippen molar-refractivity contribution in [3.63, 3.8) is 0 Å². The Balaban J connectivity index is 1.81. The molecule has 0 amide bonds. The summed E-state index contributed by atoms with van der Waals surface area (Å²) in [5.41, 5.74) is 5.33. The minimum absolute atomic E-state index is 0.590. The highest BCUT2D eigenvalue weighted by Crippen LogP contribution is 2.25. The number of hydrogen-bond acceptors (Lipinski definition) is 5. The van der Waals surface area contributed by atoms with Gasteiger partial charge in [-0.3, -0.25) is 0 Å². The molecule has 0 fully saturated rings. The van der Waals surface area contributed by atoms with Crippen molar-refractivity contribution in [1.29, 1.82) is 0 Å². The molecule has 5 heteroatoms. The van der Waals surface area contributed by atoms with Gasteiger partial charge in [-0.1, -0.05) is 18.2 Å². The van der Waals surface area contributed by atoms with Gasteiger partial charge >= 0.3 is 0 Å².